The van der Waals surface area contributed by atoms with E-state index in [4.69, 9.17) is 14.5 Å². The topological polar surface area (TPSA) is 95.6 Å². The van der Waals surface area contributed by atoms with Crippen molar-refractivity contribution < 1.29 is 14.3 Å². The number of aryl methyl sites for hydroxylation is 1. The molecule has 3 aromatic heterocycles. The Morgan fingerprint density at radius 3 is 2.77 bits per heavy atom. The first-order valence-electron chi connectivity index (χ1n) is 10.9. The molecule has 0 unspecified atom stereocenters. The van der Waals surface area contributed by atoms with Gasteiger partial charge in [0.25, 0.3) is 5.91 Å². The molecule has 3 aliphatic rings. The number of nitrogens with one attached hydrogen (secondary N) is 1. The van der Waals surface area contributed by atoms with Gasteiger partial charge in [-0.1, -0.05) is 0 Å². The molecule has 3 fully saturated rings. The van der Waals surface area contributed by atoms with Gasteiger partial charge in [-0.2, -0.15) is 10.1 Å². The van der Waals surface area contributed by atoms with Crippen molar-refractivity contribution in [3.63, 3.8) is 0 Å². The van der Waals surface area contributed by atoms with Crippen LogP contribution in [0.1, 0.15) is 61.5 Å². The van der Waals surface area contributed by atoms with Gasteiger partial charge in [0.1, 0.15) is 11.7 Å². The van der Waals surface area contributed by atoms with E-state index < -0.39 is 0 Å². The highest BCUT2D eigenvalue weighted by atomic mass is 16.5. The van der Waals surface area contributed by atoms with Gasteiger partial charge in [0.05, 0.1) is 17.9 Å². The molecule has 6 rings (SSSR count). The zero-order valence-electron chi connectivity index (χ0n) is 17.8. The molecule has 0 aromatic carbocycles. The summed E-state index contributed by atoms with van der Waals surface area (Å²) in [6.07, 6.45) is 11.8. The molecular formula is C22H26N6O3. The summed E-state index contributed by atoms with van der Waals surface area (Å²) in [5.74, 6) is 1.07. The molecule has 1 amide bonds. The lowest BCUT2D eigenvalue weighted by Gasteiger charge is -2.26. The fraction of sp³-hybridized carbons (Fsp3) is 0.545. The lowest BCUT2D eigenvalue weighted by Crippen LogP contribution is -2.27. The van der Waals surface area contributed by atoms with E-state index in [1.54, 1.807) is 23.1 Å². The van der Waals surface area contributed by atoms with Crippen LogP contribution in [0.4, 0.5) is 5.82 Å². The number of hydrogen-bond donors (Lipinski definition) is 1. The quantitative estimate of drug-likeness (QED) is 0.679. The molecule has 2 saturated carbocycles. The van der Waals surface area contributed by atoms with Crippen LogP contribution in [0, 0.1) is 0 Å². The standard InChI is InChI=1S/C22H26N6O3/c1-21-7-8-22(12-21,13-30-21)16-11-28-10-15(18(29)24-17-6-9-27(2)26-17)19(25-20(28)23-16)31-14-4-3-5-14/h6,9-11,14H,3-5,7-8,12-13H2,1-2H3,(H,24,26,29)/t21-,22-/m1/s1. The van der Waals surface area contributed by atoms with Crippen molar-refractivity contribution in [2.24, 2.45) is 7.05 Å². The summed E-state index contributed by atoms with van der Waals surface area (Å²) in [5.41, 5.74) is 1.26. The molecule has 2 atom stereocenters. The van der Waals surface area contributed by atoms with Crippen molar-refractivity contribution in [3.8, 4) is 5.88 Å². The Hall–Kier alpha value is -2.94. The molecule has 2 bridgehead atoms. The average Bonchev–Trinajstić information content (AvgIpc) is 3.46. The lowest BCUT2D eigenvalue weighted by molar-refractivity contribution is -0.00627. The fourth-order valence-corrected chi connectivity index (χ4v) is 4.97. The van der Waals surface area contributed by atoms with Gasteiger partial charge in [0, 0.05) is 37.1 Å². The van der Waals surface area contributed by atoms with Gasteiger partial charge >= 0.3 is 0 Å². The zero-order chi connectivity index (χ0) is 21.2. The van der Waals surface area contributed by atoms with Gasteiger partial charge in [-0.25, -0.2) is 4.98 Å². The normalized spacial score (nSPS) is 27.5. The van der Waals surface area contributed by atoms with Crippen molar-refractivity contribution in [3.05, 3.63) is 35.9 Å². The van der Waals surface area contributed by atoms with E-state index in [1.165, 1.54) is 0 Å². The molecule has 31 heavy (non-hydrogen) atoms. The highest BCUT2D eigenvalue weighted by molar-refractivity contribution is 6.05. The summed E-state index contributed by atoms with van der Waals surface area (Å²) in [4.78, 5) is 22.6. The van der Waals surface area contributed by atoms with Crippen LogP contribution in [-0.4, -0.2) is 48.4 Å². The second-order valence-electron chi connectivity index (χ2n) is 9.49. The largest absolute Gasteiger partial charge is 0.474 e. The van der Waals surface area contributed by atoms with Crippen LogP contribution in [0.2, 0.25) is 0 Å². The van der Waals surface area contributed by atoms with Gasteiger partial charge < -0.3 is 14.8 Å². The van der Waals surface area contributed by atoms with Gasteiger partial charge in [-0.15, -0.1) is 0 Å². The molecule has 1 N–H and O–H groups in total. The molecule has 4 heterocycles. The predicted molar refractivity (Wildman–Crippen MR) is 112 cm³/mol. The van der Waals surface area contributed by atoms with Crippen LogP contribution in [-0.2, 0) is 17.2 Å². The summed E-state index contributed by atoms with van der Waals surface area (Å²) in [6, 6.07) is 1.75. The third kappa shape index (κ3) is 3.10. The monoisotopic (exact) mass is 422 g/mol. The number of ether oxygens (including phenoxy) is 2. The number of anilines is 1. The summed E-state index contributed by atoms with van der Waals surface area (Å²) in [6.45, 7) is 2.87. The Labute approximate surface area is 179 Å². The van der Waals surface area contributed by atoms with E-state index in [2.05, 4.69) is 22.3 Å². The maximum absolute atomic E-state index is 13.1. The molecule has 9 nitrogen and oxygen atoms in total. The Bertz CT molecular complexity index is 1170. The minimum Gasteiger partial charge on any atom is -0.474 e. The highest BCUT2D eigenvalue weighted by Gasteiger charge is 2.55. The number of carbonyl (C=O) groups is 1. The molecule has 9 heteroatoms. The first-order chi connectivity index (χ1) is 14.9. The highest BCUT2D eigenvalue weighted by Crippen LogP contribution is 2.53. The summed E-state index contributed by atoms with van der Waals surface area (Å²) in [7, 11) is 1.81. The SMILES string of the molecule is Cn1ccc(NC(=O)c2cn3cc([C@]45CC[C@](C)(C4)OC5)nc3nc2OC2CCC2)n1. The maximum atomic E-state index is 13.1. The lowest BCUT2D eigenvalue weighted by atomic mass is 9.84. The fourth-order valence-electron chi connectivity index (χ4n) is 4.97. The third-order valence-electron chi connectivity index (χ3n) is 7.03. The molecule has 0 radical (unpaired) electrons. The van der Waals surface area contributed by atoms with Crippen LogP contribution in [0.5, 0.6) is 5.88 Å². The molecule has 0 spiro atoms. The molecule has 162 valence electrons. The number of aromatic nitrogens is 5. The number of hydrogen-bond acceptors (Lipinski definition) is 6. The Morgan fingerprint density at radius 2 is 2.16 bits per heavy atom. The van der Waals surface area contributed by atoms with E-state index in [-0.39, 0.29) is 23.0 Å². The second-order valence-corrected chi connectivity index (χ2v) is 9.49. The van der Waals surface area contributed by atoms with Gasteiger partial charge in [0.15, 0.2) is 5.82 Å². The summed E-state index contributed by atoms with van der Waals surface area (Å²) >= 11 is 0. The van der Waals surface area contributed by atoms with Crippen molar-refractivity contribution in [1.82, 2.24) is 24.1 Å². The third-order valence-corrected chi connectivity index (χ3v) is 7.03. The van der Waals surface area contributed by atoms with Crippen LogP contribution in [0.25, 0.3) is 5.78 Å². The van der Waals surface area contributed by atoms with Crippen molar-refractivity contribution in [1.29, 1.82) is 0 Å². The molecule has 1 saturated heterocycles. The average molecular weight is 422 g/mol. The van der Waals surface area contributed by atoms with Crippen LogP contribution < -0.4 is 10.1 Å². The van der Waals surface area contributed by atoms with Gasteiger partial charge in [-0.3, -0.25) is 13.9 Å². The molecule has 2 aliphatic carbocycles. The number of carbonyl (C=O) groups excluding carboxylic acids is 1. The number of rotatable bonds is 5. The van der Waals surface area contributed by atoms with Gasteiger partial charge in [0.2, 0.25) is 11.7 Å². The Balaban J connectivity index is 1.38. The first kappa shape index (κ1) is 18.8. The predicted octanol–water partition coefficient (Wildman–Crippen LogP) is 2.86. The molecule has 1 aliphatic heterocycles. The van der Waals surface area contributed by atoms with E-state index in [0.29, 0.717) is 29.6 Å². The van der Waals surface area contributed by atoms with Crippen molar-refractivity contribution in [2.45, 2.75) is 62.6 Å². The first-order valence-corrected chi connectivity index (χ1v) is 10.9. The minimum absolute atomic E-state index is 0.0462. The van der Waals surface area contributed by atoms with E-state index >= 15 is 0 Å². The number of nitrogens with zero attached hydrogens (tertiary/aromatic N) is 5. The number of imidazole rings is 1. The van der Waals surface area contributed by atoms with E-state index in [1.807, 2.05) is 17.6 Å². The van der Waals surface area contributed by atoms with Crippen molar-refractivity contribution in [2.75, 3.05) is 11.9 Å². The molecular weight excluding hydrogens is 396 g/mol. The van der Waals surface area contributed by atoms with Gasteiger partial charge in [-0.05, 0) is 45.4 Å². The van der Waals surface area contributed by atoms with E-state index in [9.17, 15) is 4.79 Å². The summed E-state index contributed by atoms with van der Waals surface area (Å²) < 4.78 is 15.6. The van der Waals surface area contributed by atoms with Crippen LogP contribution >= 0.6 is 0 Å². The smallest absolute Gasteiger partial charge is 0.263 e. The Kier molecular flexibility index (Phi) is 3.96. The van der Waals surface area contributed by atoms with Crippen LogP contribution in [0.15, 0.2) is 24.7 Å². The Morgan fingerprint density at radius 1 is 1.29 bits per heavy atom. The van der Waals surface area contributed by atoms with Crippen LogP contribution in [0.3, 0.4) is 0 Å². The second kappa shape index (κ2) is 6.53. The minimum atomic E-state index is -0.298. The summed E-state index contributed by atoms with van der Waals surface area (Å²) in [5, 5.41) is 7.08. The number of fused-ring (bicyclic) bond motifs is 3. The number of amides is 1. The van der Waals surface area contributed by atoms with Crippen molar-refractivity contribution >= 4 is 17.5 Å². The zero-order valence-corrected chi connectivity index (χ0v) is 17.8. The van der Waals surface area contributed by atoms with E-state index in [0.717, 1.165) is 44.2 Å². The maximum Gasteiger partial charge on any atom is 0.263 e. The molecule has 3 aromatic rings.